The van der Waals surface area contributed by atoms with Crippen LogP contribution < -0.4 is 4.90 Å². The number of anilines is 1. The molecule has 0 N–H and O–H groups in total. The first-order valence-electron chi connectivity index (χ1n) is 6.47. The average molecular weight is 254 g/mol. The van der Waals surface area contributed by atoms with Crippen molar-refractivity contribution in [1.82, 2.24) is 9.97 Å². The smallest absolute Gasteiger partial charge is 0.134 e. The van der Waals surface area contributed by atoms with Crippen molar-refractivity contribution in [2.45, 2.75) is 51.5 Å². The maximum atomic E-state index is 6.03. The Bertz CT molecular complexity index is 375. The molecule has 0 amide bonds. The molecule has 3 nitrogen and oxygen atoms in total. The standard InChI is InChI=1S/C13H20ClN3/c1-3-12-15-11(14)9-13(16-12)17(2)10-7-5-4-6-8-10/h9-10H,3-8H2,1-2H3. The highest BCUT2D eigenvalue weighted by atomic mass is 35.5. The van der Waals surface area contributed by atoms with Crippen LogP contribution in [0, 0.1) is 0 Å². The molecular weight excluding hydrogens is 234 g/mol. The quantitative estimate of drug-likeness (QED) is 0.773. The lowest BCUT2D eigenvalue weighted by molar-refractivity contribution is 0.425. The molecule has 1 fully saturated rings. The van der Waals surface area contributed by atoms with Crippen LogP contribution in [0.5, 0.6) is 0 Å². The summed E-state index contributed by atoms with van der Waals surface area (Å²) in [6, 6.07) is 2.48. The third kappa shape index (κ3) is 3.09. The minimum atomic E-state index is 0.550. The zero-order chi connectivity index (χ0) is 12.3. The van der Waals surface area contributed by atoms with Crippen molar-refractivity contribution in [2.75, 3.05) is 11.9 Å². The summed E-state index contributed by atoms with van der Waals surface area (Å²) in [7, 11) is 2.12. The summed E-state index contributed by atoms with van der Waals surface area (Å²) in [6.45, 7) is 2.05. The lowest BCUT2D eigenvalue weighted by atomic mass is 9.94. The molecule has 0 aliphatic heterocycles. The normalized spacial score (nSPS) is 17.1. The first-order valence-corrected chi connectivity index (χ1v) is 6.84. The van der Waals surface area contributed by atoms with Crippen molar-refractivity contribution in [3.63, 3.8) is 0 Å². The van der Waals surface area contributed by atoms with E-state index in [0.29, 0.717) is 11.2 Å². The Morgan fingerprint density at radius 1 is 1.29 bits per heavy atom. The molecule has 94 valence electrons. The number of rotatable bonds is 3. The lowest BCUT2D eigenvalue weighted by Gasteiger charge is -2.32. The van der Waals surface area contributed by atoms with E-state index in [1.54, 1.807) is 0 Å². The van der Waals surface area contributed by atoms with E-state index in [4.69, 9.17) is 11.6 Å². The number of aryl methyl sites for hydroxylation is 1. The van der Waals surface area contributed by atoms with Gasteiger partial charge in [-0.05, 0) is 12.8 Å². The second-order valence-corrected chi connectivity index (χ2v) is 5.11. The van der Waals surface area contributed by atoms with Crippen LogP contribution in [0.4, 0.5) is 5.82 Å². The highest BCUT2D eigenvalue weighted by Crippen LogP contribution is 2.26. The number of hydrogen-bond donors (Lipinski definition) is 0. The summed E-state index contributed by atoms with van der Waals surface area (Å²) in [4.78, 5) is 11.0. The molecule has 1 aliphatic rings. The topological polar surface area (TPSA) is 29.0 Å². The van der Waals surface area contributed by atoms with Crippen molar-refractivity contribution in [3.05, 3.63) is 17.0 Å². The second-order valence-electron chi connectivity index (χ2n) is 4.72. The van der Waals surface area contributed by atoms with Crippen molar-refractivity contribution >= 4 is 17.4 Å². The number of halogens is 1. The van der Waals surface area contributed by atoms with Crippen molar-refractivity contribution in [3.8, 4) is 0 Å². The Hall–Kier alpha value is -0.830. The number of nitrogens with zero attached hydrogens (tertiary/aromatic N) is 3. The molecule has 17 heavy (non-hydrogen) atoms. The van der Waals surface area contributed by atoms with Crippen LogP contribution in [0.3, 0.4) is 0 Å². The van der Waals surface area contributed by atoms with Gasteiger partial charge in [0.1, 0.15) is 16.8 Å². The van der Waals surface area contributed by atoms with E-state index in [-0.39, 0.29) is 0 Å². The largest absolute Gasteiger partial charge is 0.357 e. The van der Waals surface area contributed by atoms with Gasteiger partial charge in [-0.15, -0.1) is 0 Å². The van der Waals surface area contributed by atoms with Gasteiger partial charge in [-0.2, -0.15) is 0 Å². The summed E-state index contributed by atoms with van der Waals surface area (Å²) in [5.74, 6) is 1.80. The first-order chi connectivity index (χ1) is 8.20. The van der Waals surface area contributed by atoms with Gasteiger partial charge in [0.15, 0.2) is 0 Å². The van der Waals surface area contributed by atoms with Crippen LogP contribution >= 0.6 is 11.6 Å². The fourth-order valence-corrected chi connectivity index (χ4v) is 2.64. The predicted molar refractivity (Wildman–Crippen MR) is 71.7 cm³/mol. The fraction of sp³-hybridized carbons (Fsp3) is 0.692. The predicted octanol–water partition coefficient (Wildman–Crippen LogP) is 3.46. The lowest BCUT2D eigenvalue weighted by Crippen LogP contribution is -2.34. The zero-order valence-corrected chi connectivity index (χ0v) is 11.4. The molecule has 0 radical (unpaired) electrons. The van der Waals surface area contributed by atoms with Gasteiger partial charge in [0.05, 0.1) is 0 Å². The molecule has 1 aromatic heterocycles. The van der Waals surface area contributed by atoms with E-state index in [1.165, 1.54) is 32.1 Å². The molecule has 1 aliphatic carbocycles. The van der Waals surface area contributed by atoms with Crippen LogP contribution in [-0.4, -0.2) is 23.1 Å². The van der Waals surface area contributed by atoms with Gasteiger partial charge in [0.2, 0.25) is 0 Å². The minimum absolute atomic E-state index is 0.550. The van der Waals surface area contributed by atoms with E-state index >= 15 is 0 Å². The molecule has 0 atom stereocenters. The summed E-state index contributed by atoms with van der Waals surface area (Å²) < 4.78 is 0. The van der Waals surface area contributed by atoms with Crippen LogP contribution in [0.25, 0.3) is 0 Å². The third-order valence-corrected chi connectivity index (χ3v) is 3.72. The van der Waals surface area contributed by atoms with Crippen LogP contribution in [0.1, 0.15) is 44.9 Å². The number of aromatic nitrogens is 2. The average Bonchev–Trinajstić information content (AvgIpc) is 2.38. The van der Waals surface area contributed by atoms with Crippen molar-refractivity contribution in [1.29, 1.82) is 0 Å². The van der Waals surface area contributed by atoms with E-state index in [2.05, 4.69) is 28.8 Å². The molecule has 0 spiro atoms. The van der Waals surface area contributed by atoms with Crippen LogP contribution in [0.2, 0.25) is 5.15 Å². The Kier molecular flexibility index (Phi) is 4.21. The Balaban J connectivity index is 2.17. The maximum absolute atomic E-state index is 6.03. The van der Waals surface area contributed by atoms with Gasteiger partial charge in [0.25, 0.3) is 0 Å². The highest BCUT2D eigenvalue weighted by molar-refractivity contribution is 6.29. The van der Waals surface area contributed by atoms with E-state index < -0.39 is 0 Å². The fourth-order valence-electron chi connectivity index (χ4n) is 2.45. The van der Waals surface area contributed by atoms with Gasteiger partial charge in [0, 0.05) is 25.6 Å². The van der Waals surface area contributed by atoms with Gasteiger partial charge >= 0.3 is 0 Å². The van der Waals surface area contributed by atoms with Crippen molar-refractivity contribution in [2.24, 2.45) is 0 Å². The highest BCUT2D eigenvalue weighted by Gasteiger charge is 2.19. The van der Waals surface area contributed by atoms with Crippen LogP contribution in [0.15, 0.2) is 6.07 Å². The molecule has 2 rings (SSSR count). The molecule has 1 heterocycles. The van der Waals surface area contributed by atoms with Gasteiger partial charge in [-0.3, -0.25) is 0 Å². The Labute approximate surface area is 108 Å². The third-order valence-electron chi connectivity index (χ3n) is 3.53. The summed E-state index contributed by atoms with van der Waals surface area (Å²) >= 11 is 6.03. The second kappa shape index (κ2) is 5.67. The maximum Gasteiger partial charge on any atom is 0.134 e. The van der Waals surface area contributed by atoms with Crippen LogP contribution in [-0.2, 0) is 6.42 Å². The summed E-state index contributed by atoms with van der Waals surface area (Å²) in [5, 5.41) is 0.550. The molecule has 1 saturated carbocycles. The number of hydrogen-bond acceptors (Lipinski definition) is 3. The van der Waals surface area contributed by atoms with E-state index in [9.17, 15) is 0 Å². The van der Waals surface area contributed by atoms with E-state index in [0.717, 1.165) is 18.1 Å². The first kappa shape index (κ1) is 12.6. The summed E-state index contributed by atoms with van der Waals surface area (Å²) in [6.07, 6.45) is 7.38. The molecule has 0 bridgehead atoms. The zero-order valence-electron chi connectivity index (χ0n) is 10.6. The van der Waals surface area contributed by atoms with Gasteiger partial charge in [-0.25, -0.2) is 9.97 Å². The molecule has 0 aromatic carbocycles. The molecule has 4 heteroatoms. The summed E-state index contributed by atoms with van der Waals surface area (Å²) in [5.41, 5.74) is 0. The Morgan fingerprint density at radius 3 is 2.65 bits per heavy atom. The van der Waals surface area contributed by atoms with Crippen molar-refractivity contribution < 1.29 is 0 Å². The SMILES string of the molecule is CCc1nc(Cl)cc(N(C)C2CCCCC2)n1. The van der Waals surface area contributed by atoms with E-state index in [1.807, 2.05) is 6.07 Å². The molecule has 1 aromatic rings. The molecule has 0 saturated heterocycles. The molecule has 0 unspecified atom stereocenters. The monoisotopic (exact) mass is 253 g/mol. The Morgan fingerprint density at radius 2 is 2.00 bits per heavy atom. The minimum Gasteiger partial charge on any atom is -0.357 e. The van der Waals surface area contributed by atoms with Gasteiger partial charge < -0.3 is 4.90 Å². The van der Waals surface area contributed by atoms with Gasteiger partial charge in [-0.1, -0.05) is 37.8 Å². The molecular formula is C13H20ClN3.